The minimum atomic E-state index is 0.354. The number of rotatable bonds is 6. The van der Waals surface area contributed by atoms with Crippen molar-refractivity contribution in [3.8, 4) is 0 Å². The Labute approximate surface area is 136 Å². The Morgan fingerprint density at radius 3 is 2.64 bits per heavy atom. The van der Waals surface area contributed by atoms with Crippen molar-refractivity contribution in [2.75, 3.05) is 39.8 Å². The first-order valence-corrected chi connectivity index (χ1v) is 9.30. The number of nitrogens with zero attached hydrogens (tertiary/aromatic N) is 2. The van der Waals surface area contributed by atoms with Crippen LogP contribution >= 0.6 is 0 Å². The van der Waals surface area contributed by atoms with E-state index >= 15 is 0 Å². The normalized spacial score (nSPS) is 25.9. The molecule has 1 amide bonds. The van der Waals surface area contributed by atoms with Crippen LogP contribution in [-0.2, 0) is 4.79 Å². The Kier molecular flexibility index (Phi) is 7.16. The summed E-state index contributed by atoms with van der Waals surface area (Å²) < 4.78 is 0. The fraction of sp³-hybridized carbons (Fsp3) is 0.944. The van der Waals surface area contributed by atoms with Gasteiger partial charge in [-0.25, -0.2) is 0 Å². The number of likely N-dealkylation sites (tertiary alicyclic amines) is 1. The van der Waals surface area contributed by atoms with E-state index in [9.17, 15) is 4.79 Å². The molecule has 2 aliphatic rings. The molecular weight excluding hydrogens is 274 g/mol. The van der Waals surface area contributed by atoms with E-state index in [2.05, 4.69) is 29.0 Å². The second-order valence-corrected chi connectivity index (χ2v) is 7.37. The molecule has 2 atom stereocenters. The van der Waals surface area contributed by atoms with Gasteiger partial charge in [-0.05, 0) is 63.6 Å². The molecule has 0 bridgehead atoms. The van der Waals surface area contributed by atoms with Crippen LogP contribution < -0.4 is 5.32 Å². The molecule has 4 nitrogen and oxygen atoms in total. The summed E-state index contributed by atoms with van der Waals surface area (Å²) in [6.07, 6.45) is 6.77. The minimum Gasteiger partial charge on any atom is -0.343 e. The second kappa shape index (κ2) is 8.88. The maximum absolute atomic E-state index is 12.6. The van der Waals surface area contributed by atoms with Gasteiger partial charge < -0.3 is 15.1 Å². The third-order valence-electron chi connectivity index (χ3n) is 5.67. The van der Waals surface area contributed by atoms with Crippen molar-refractivity contribution in [1.29, 1.82) is 0 Å². The van der Waals surface area contributed by atoms with Gasteiger partial charge in [-0.1, -0.05) is 13.8 Å². The highest BCUT2D eigenvalue weighted by Gasteiger charge is 2.28. The van der Waals surface area contributed by atoms with Gasteiger partial charge >= 0.3 is 0 Å². The van der Waals surface area contributed by atoms with Crippen LogP contribution in [-0.4, -0.2) is 61.5 Å². The summed E-state index contributed by atoms with van der Waals surface area (Å²) in [6.45, 7) is 10.2. The van der Waals surface area contributed by atoms with Crippen molar-refractivity contribution in [2.45, 2.75) is 58.4 Å². The highest BCUT2D eigenvalue weighted by molar-refractivity contribution is 5.76. The van der Waals surface area contributed by atoms with E-state index in [4.69, 9.17) is 0 Å². The fourth-order valence-corrected chi connectivity index (χ4v) is 4.00. The van der Waals surface area contributed by atoms with E-state index in [1.807, 2.05) is 7.05 Å². The van der Waals surface area contributed by atoms with Crippen molar-refractivity contribution >= 4 is 5.91 Å². The lowest BCUT2D eigenvalue weighted by Gasteiger charge is -2.37. The monoisotopic (exact) mass is 309 g/mol. The smallest absolute Gasteiger partial charge is 0.222 e. The molecule has 2 fully saturated rings. The third-order valence-corrected chi connectivity index (χ3v) is 5.67. The molecule has 22 heavy (non-hydrogen) atoms. The highest BCUT2D eigenvalue weighted by atomic mass is 16.2. The molecule has 0 spiro atoms. The molecule has 1 N–H and O–H groups in total. The molecule has 4 heteroatoms. The maximum atomic E-state index is 12.6. The van der Waals surface area contributed by atoms with Crippen molar-refractivity contribution in [3.63, 3.8) is 0 Å². The lowest BCUT2D eigenvalue weighted by molar-refractivity contribution is -0.134. The van der Waals surface area contributed by atoms with Crippen molar-refractivity contribution in [3.05, 3.63) is 0 Å². The Hall–Kier alpha value is -0.610. The molecule has 0 aromatic heterocycles. The first kappa shape index (κ1) is 17.7. The molecule has 2 heterocycles. The summed E-state index contributed by atoms with van der Waals surface area (Å²) in [4.78, 5) is 17.2. The number of piperidine rings is 2. The van der Waals surface area contributed by atoms with Crippen LogP contribution in [0.5, 0.6) is 0 Å². The van der Waals surface area contributed by atoms with Gasteiger partial charge in [0.05, 0.1) is 0 Å². The first-order chi connectivity index (χ1) is 10.6. The van der Waals surface area contributed by atoms with Gasteiger partial charge in [0, 0.05) is 32.6 Å². The quantitative estimate of drug-likeness (QED) is 0.818. The van der Waals surface area contributed by atoms with Crippen LogP contribution in [0.3, 0.4) is 0 Å². The topological polar surface area (TPSA) is 35.6 Å². The van der Waals surface area contributed by atoms with Crippen molar-refractivity contribution in [2.24, 2.45) is 11.8 Å². The SMILES string of the molecule is CCCN1CCC(N(C)C(=O)CC(C)C2CCCNC2)CC1. The molecule has 128 valence electrons. The van der Waals surface area contributed by atoms with E-state index in [0.717, 1.165) is 45.4 Å². The lowest BCUT2D eigenvalue weighted by Crippen LogP contribution is -2.46. The predicted molar refractivity (Wildman–Crippen MR) is 91.9 cm³/mol. The molecule has 0 aromatic rings. The molecular formula is C18H35N3O. The summed E-state index contributed by atoms with van der Waals surface area (Å²) in [5, 5.41) is 3.47. The minimum absolute atomic E-state index is 0.354. The fourth-order valence-electron chi connectivity index (χ4n) is 4.00. The summed E-state index contributed by atoms with van der Waals surface area (Å²) in [5.41, 5.74) is 0. The number of amides is 1. The summed E-state index contributed by atoms with van der Waals surface area (Å²) in [7, 11) is 2.02. The van der Waals surface area contributed by atoms with E-state index in [1.165, 1.54) is 25.8 Å². The largest absolute Gasteiger partial charge is 0.343 e. The van der Waals surface area contributed by atoms with Crippen LogP contribution in [0, 0.1) is 11.8 Å². The lowest BCUT2D eigenvalue weighted by atomic mass is 9.85. The average molecular weight is 309 g/mol. The van der Waals surface area contributed by atoms with Crippen LogP contribution in [0.1, 0.15) is 52.4 Å². The van der Waals surface area contributed by atoms with Gasteiger partial charge in [0.25, 0.3) is 0 Å². The molecule has 0 aromatic carbocycles. The van der Waals surface area contributed by atoms with E-state index < -0.39 is 0 Å². The van der Waals surface area contributed by atoms with Crippen LogP contribution in [0.25, 0.3) is 0 Å². The Balaban J connectivity index is 1.74. The molecule has 0 saturated carbocycles. The molecule has 2 rings (SSSR count). The first-order valence-electron chi connectivity index (χ1n) is 9.30. The van der Waals surface area contributed by atoms with Crippen LogP contribution in [0.15, 0.2) is 0 Å². The van der Waals surface area contributed by atoms with Crippen molar-refractivity contribution < 1.29 is 4.79 Å². The average Bonchev–Trinajstić information content (AvgIpc) is 2.56. The highest BCUT2D eigenvalue weighted by Crippen LogP contribution is 2.24. The number of hydrogen-bond donors (Lipinski definition) is 1. The zero-order chi connectivity index (χ0) is 15.9. The van der Waals surface area contributed by atoms with Gasteiger partial charge in [-0.3, -0.25) is 4.79 Å². The van der Waals surface area contributed by atoms with Gasteiger partial charge in [0.1, 0.15) is 0 Å². The summed E-state index contributed by atoms with van der Waals surface area (Å²) in [6, 6.07) is 0.456. The maximum Gasteiger partial charge on any atom is 0.222 e. The zero-order valence-electron chi connectivity index (χ0n) is 14.8. The molecule has 0 radical (unpaired) electrons. The van der Waals surface area contributed by atoms with Gasteiger partial charge in [0.2, 0.25) is 5.91 Å². The van der Waals surface area contributed by atoms with E-state index in [0.29, 0.717) is 23.8 Å². The number of carbonyl (C=O) groups is 1. The summed E-state index contributed by atoms with van der Waals surface area (Å²) in [5.74, 6) is 1.53. The number of nitrogens with one attached hydrogen (secondary N) is 1. The van der Waals surface area contributed by atoms with E-state index in [-0.39, 0.29) is 0 Å². The predicted octanol–water partition coefficient (Wildman–Crippen LogP) is 2.34. The Morgan fingerprint density at radius 2 is 2.05 bits per heavy atom. The third kappa shape index (κ3) is 4.95. The molecule has 2 saturated heterocycles. The number of hydrogen-bond acceptors (Lipinski definition) is 3. The number of carbonyl (C=O) groups excluding carboxylic acids is 1. The summed E-state index contributed by atoms with van der Waals surface area (Å²) >= 11 is 0. The van der Waals surface area contributed by atoms with Crippen LogP contribution in [0.4, 0.5) is 0 Å². The van der Waals surface area contributed by atoms with Gasteiger partial charge in [-0.2, -0.15) is 0 Å². The molecule has 2 unspecified atom stereocenters. The van der Waals surface area contributed by atoms with Gasteiger partial charge in [-0.15, -0.1) is 0 Å². The van der Waals surface area contributed by atoms with Gasteiger partial charge in [0.15, 0.2) is 0 Å². The van der Waals surface area contributed by atoms with Crippen molar-refractivity contribution in [1.82, 2.24) is 15.1 Å². The molecule has 2 aliphatic heterocycles. The van der Waals surface area contributed by atoms with Crippen LogP contribution in [0.2, 0.25) is 0 Å². The zero-order valence-corrected chi connectivity index (χ0v) is 14.8. The van der Waals surface area contributed by atoms with E-state index in [1.54, 1.807) is 0 Å². The molecule has 0 aliphatic carbocycles. The standard InChI is InChI=1S/C18H35N3O/c1-4-10-21-11-7-17(8-12-21)20(3)18(22)13-15(2)16-6-5-9-19-14-16/h15-17,19H,4-14H2,1-3H3. The Morgan fingerprint density at radius 1 is 1.32 bits per heavy atom. The second-order valence-electron chi connectivity index (χ2n) is 7.37. The Bertz CT molecular complexity index is 333.